The number of thioether (sulfide) groups is 2. The third kappa shape index (κ3) is 4.16. The van der Waals surface area contributed by atoms with Gasteiger partial charge in [-0.1, -0.05) is 91.0 Å². The molecule has 4 saturated heterocycles. The molecule has 6 aliphatic carbocycles. The molecule has 2 saturated carbocycles. The third-order valence-corrected chi connectivity index (χ3v) is 20.8. The van der Waals surface area contributed by atoms with Gasteiger partial charge in [0.2, 0.25) is 0 Å². The molecular weight excluding hydrogens is 655 g/mol. The van der Waals surface area contributed by atoms with E-state index in [0.29, 0.717) is 58.4 Å². The summed E-state index contributed by atoms with van der Waals surface area (Å²) < 4.78 is 0. The first kappa shape index (κ1) is 31.8. The standard InChI is InChI=1S/C46H57BN2S2/c1-27-22-36-41-37(23-27)49-43-34(46(45(49,2)3)20-9-4-10-21-46)15-11-16-35(43)47(41)44-42(33-24-28-12-5-6-13-29(28)25-39(33)51-44)48(36)30-18-19-32-31-14-7-8-17-38(31)50-40(32)26-30/h5-6,8,11-13,16-17,22,24-25,30-35,37-40,42-44H,4,7,9-10,14-15,18-21,23,26H2,1-3H3. The van der Waals surface area contributed by atoms with Gasteiger partial charge in [0.05, 0.1) is 0 Å². The maximum Gasteiger partial charge on any atom is 0.200 e. The van der Waals surface area contributed by atoms with Crippen molar-refractivity contribution in [3.05, 3.63) is 81.8 Å². The maximum absolute atomic E-state index is 3.25. The predicted molar refractivity (Wildman–Crippen MR) is 218 cm³/mol. The van der Waals surface area contributed by atoms with E-state index in [0.717, 1.165) is 28.3 Å². The van der Waals surface area contributed by atoms with Crippen LogP contribution in [0.1, 0.15) is 97.8 Å². The molecule has 6 fully saturated rings. The largest absolute Gasteiger partial charge is 0.365 e. The summed E-state index contributed by atoms with van der Waals surface area (Å²) in [4.78, 5) is 6.46. The van der Waals surface area contributed by atoms with E-state index in [-0.39, 0.29) is 5.54 Å². The summed E-state index contributed by atoms with van der Waals surface area (Å²) in [5, 5.41) is 5.83. The summed E-state index contributed by atoms with van der Waals surface area (Å²) in [6, 6.07) is 11.9. The Morgan fingerprint density at radius 1 is 0.863 bits per heavy atom. The van der Waals surface area contributed by atoms with Gasteiger partial charge in [0.15, 0.2) is 6.71 Å². The Hall–Kier alpha value is -1.56. The third-order valence-electron chi connectivity index (χ3n) is 17.5. The highest BCUT2D eigenvalue weighted by atomic mass is 32.2. The lowest BCUT2D eigenvalue weighted by Gasteiger charge is -2.61. The van der Waals surface area contributed by atoms with Crippen LogP contribution in [-0.4, -0.2) is 67.1 Å². The number of fused-ring (bicyclic) bond motifs is 11. The first-order valence-corrected chi connectivity index (χ1v) is 23.2. The minimum atomic E-state index is 0.239. The average molecular weight is 713 g/mol. The van der Waals surface area contributed by atoms with Crippen molar-refractivity contribution in [1.29, 1.82) is 0 Å². The van der Waals surface area contributed by atoms with Crippen molar-refractivity contribution >= 4 is 42.4 Å². The van der Waals surface area contributed by atoms with Crippen molar-refractivity contribution in [1.82, 2.24) is 9.80 Å². The summed E-state index contributed by atoms with van der Waals surface area (Å²) in [6.07, 6.45) is 35.7. The minimum absolute atomic E-state index is 0.239. The monoisotopic (exact) mass is 712 g/mol. The zero-order valence-corrected chi connectivity index (χ0v) is 32.8. The van der Waals surface area contributed by atoms with Gasteiger partial charge < -0.3 is 4.90 Å². The SMILES string of the molecule is CC1=CC2=C3B(C4C=CCC5C4N(C3C1)C(C)(C)C51CCCCC1)C1SC3C=c4ccccc4=CC3C1N2C1CCC2C(C1)SC1C=CCCC12. The van der Waals surface area contributed by atoms with Gasteiger partial charge in [0, 0.05) is 62.2 Å². The smallest absolute Gasteiger partial charge is 0.200 e. The van der Waals surface area contributed by atoms with Crippen LogP contribution >= 0.6 is 23.5 Å². The first-order valence-electron chi connectivity index (χ1n) is 21.3. The van der Waals surface area contributed by atoms with Gasteiger partial charge in [-0.2, -0.15) is 23.5 Å². The number of rotatable bonds is 1. The molecule has 1 aromatic carbocycles. The zero-order chi connectivity index (χ0) is 33.8. The Morgan fingerprint density at radius 2 is 1.71 bits per heavy atom. The quantitative estimate of drug-likeness (QED) is 0.213. The molecule has 0 aromatic heterocycles. The molecule has 13 atom stereocenters. The van der Waals surface area contributed by atoms with Gasteiger partial charge in [0.25, 0.3) is 0 Å². The Bertz CT molecular complexity index is 1900. The topological polar surface area (TPSA) is 6.48 Å². The van der Waals surface area contributed by atoms with E-state index in [1.54, 1.807) is 11.3 Å². The molecule has 5 heterocycles. The van der Waals surface area contributed by atoms with Crippen LogP contribution in [0.2, 0.25) is 5.82 Å². The fraction of sp³-hybridized carbons (Fsp3) is 0.652. The Morgan fingerprint density at radius 3 is 2.57 bits per heavy atom. The summed E-state index contributed by atoms with van der Waals surface area (Å²) >= 11 is 4.81. The lowest BCUT2D eigenvalue weighted by Crippen LogP contribution is -2.69. The highest BCUT2D eigenvalue weighted by Crippen LogP contribution is 2.69. The van der Waals surface area contributed by atoms with Crippen LogP contribution in [0.15, 0.2) is 71.4 Å². The molecule has 0 radical (unpaired) electrons. The molecule has 1 spiro atoms. The Balaban J connectivity index is 1.03. The first-order chi connectivity index (χ1) is 24.9. The van der Waals surface area contributed by atoms with E-state index in [1.165, 1.54) is 87.5 Å². The Labute approximate surface area is 315 Å². The fourth-order valence-electron chi connectivity index (χ4n) is 15.7. The van der Waals surface area contributed by atoms with Gasteiger partial charge in [-0.3, -0.25) is 4.90 Å². The summed E-state index contributed by atoms with van der Waals surface area (Å²) in [5.74, 6) is 3.93. The van der Waals surface area contributed by atoms with Crippen molar-refractivity contribution < 1.29 is 0 Å². The van der Waals surface area contributed by atoms with Crippen molar-refractivity contribution in [2.75, 3.05) is 0 Å². The lowest BCUT2D eigenvalue weighted by molar-refractivity contribution is -0.00133. The van der Waals surface area contributed by atoms with Crippen LogP contribution < -0.4 is 10.4 Å². The molecule has 11 aliphatic rings. The van der Waals surface area contributed by atoms with Crippen molar-refractivity contribution in [3.8, 4) is 0 Å². The van der Waals surface area contributed by atoms with Crippen LogP contribution in [0.3, 0.4) is 0 Å². The number of benzene rings is 1. The number of hydrogen-bond acceptors (Lipinski definition) is 4. The molecule has 1 aromatic rings. The zero-order valence-electron chi connectivity index (χ0n) is 31.1. The Kier molecular flexibility index (Phi) is 7.01. The molecular formula is C46H57BN2S2. The molecule has 5 heteroatoms. The summed E-state index contributed by atoms with van der Waals surface area (Å²) in [5.41, 5.74) is 5.97. The second-order valence-corrected chi connectivity index (χ2v) is 22.3. The van der Waals surface area contributed by atoms with Crippen LogP contribution in [0.4, 0.5) is 0 Å². The number of allylic oxidation sites excluding steroid dienone is 3. The summed E-state index contributed by atoms with van der Waals surface area (Å²) in [7, 11) is 0. The van der Waals surface area contributed by atoms with E-state index < -0.39 is 0 Å². The molecule has 5 aliphatic heterocycles. The van der Waals surface area contributed by atoms with Crippen LogP contribution in [-0.2, 0) is 0 Å². The predicted octanol–water partition coefficient (Wildman–Crippen LogP) is 8.58. The van der Waals surface area contributed by atoms with Crippen LogP contribution in [0, 0.1) is 29.1 Å². The minimum Gasteiger partial charge on any atom is -0.365 e. The molecule has 13 unspecified atom stereocenters. The van der Waals surface area contributed by atoms with E-state index in [9.17, 15) is 0 Å². The number of nitrogens with zero attached hydrogens (tertiary/aromatic N) is 2. The molecule has 0 amide bonds. The maximum atomic E-state index is 3.25. The van der Waals surface area contributed by atoms with Crippen molar-refractivity contribution in [3.63, 3.8) is 0 Å². The molecule has 2 nitrogen and oxygen atoms in total. The van der Waals surface area contributed by atoms with Crippen LogP contribution in [0.5, 0.6) is 0 Å². The highest BCUT2D eigenvalue weighted by molar-refractivity contribution is 8.02. The van der Waals surface area contributed by atoms with E-state index in [1.807, 2.05) is 5.47 Å². The lowest BCUT2D eigenvalue weighted by atomic mass is 9.26. The van der Waals surface area contributed by atoms with E-state index in [4.69, 9.17) is 0 Å². The van der Waals surface area contributed by atoms with E-state index in [2.05, 4.69) is 121 Å². The van der Waals surface area contributed by atoms with Gasteiger partial charge >= 0.3 is 0 Å². The molecule has 0 N–H and O–H groups in total. The fourth-order valence-corrected chi connectivity index (χ4v) is 19.7. The van der Waals surface area contributed by atoms with Crippen molar-refractivity contribution in [2.24, 2.45) is 29.1 Å². The molecule has 12 rings (SSSR count). The average Bonchev–Trinajstić information content (AvgIpc) is 3.76. The molecule has 266 valence electrons. The van der Waals surface area contributed by atoms with Crippen molar-refractivity contribution in [2.45, 2.75) is 154 Å². The summed E-state index contributed by atoms with van der Waals surface area (Å²) in [6.45, 7) is 8.64. The van der Waals surface area contributed by atoms with E-state index >= 15 is 0 Å². The normalized spacial score (nSPS) is 46.2. The molecule has 0 bridgehead atoms. The second kappa shape index (κ2) is 11.3. The molecule has 51 heavy (non-hydrogen) atoms. The second-order valence-electron chi connectivity index (χ2n) is 19.5. The van der Waals surface area contributed by atoms with Gasteiger partial charge in [-0.25, -0.2) is 0 Å². The highest BCUT2D eigenvalue weighted by Gasteiger charge is 2.72. The van der Waals surface area contributed by atoms with Crippen LogP contribution in [0.25, 0.3) is 12.2 Å². The van der Waals surface area contributed by atoms with Gasteiger partial charge in [-0.15, -0.1) is 0 Å². The van der Waals surface area contributed by atoms with Gasteiger partial charge in [-0.05, 0) is 124 Å². The number of hydrogen-bond donors (Lipinski definition) is 0. The van der Waals surface area contributed by atoms with Gasteiger partial charge in [0.1, 0.15) is 0 Å².